The van der Waals surface area contributed by atoms with Crippen molar-refractivity contribution in [2.24, 2.45) is 11.8 Å². The lowest BCUT2D eigenvalue weighted by atomic mass is 9.95. The molecule has 0 atom stereocenters. The van der Waals surface area contributed by atoms with Gasteiger partial charge in [-0.05, 0) is 37.1 Å². The third-order valence-corrected chi connectivity index (χ3v) is 4.31. The minimum Gasteiger partial charge on any atom is -0.342 e. The summed E-state index contributed by atoms with van der Waals surface area (Å²) in [6, 6.07) is 7.55. The van der Waals surface area contributed by atoms with Gasteiger partial charge >= 0.3 is 0 Å². The second-order valence-electron chi connectivity index (χ2n) is 5.75. The number of anilines is 1. The number of nitrogens with one attached hydrogen (secondary N) is 1. The number of halogens is 1. The number of rotatable bonds is 3. The molecule has 114 valence electrons. The molecule has 0 aliphatic carbocycles. The van der Waals surface area contributed by atoms with Crippen LogP contribution in [0.15, 0.2) is 28.7 Å². The molecule has 0 saturated carbocycles. The zero-order chi connectivity index (χ0) is 15.4. The fourth-order valence-electron chi connectivity index (χ4n) is 2.50. The van der Waals surface area contributed by atoms with Crippen LogP contribution in [0.3, 0.4) is 0 Å². The van der Waals surface area contributed by atoms with Crippen LogP contribution < -0.4 is 5.32 Å². The summed E-state index contributed by atoms with van der Waals surface area (Å²) in [5, 5.41) is 2.94. The summed E-state index contributed by atoms with van der Waals surface area (Å²) in [5.74, 6) is 0.249. The monoisotopic (exact) mass is 352 g/mol. The molecule has 0 spiro atoms. The second-order valence-corrected chi connectivity index (χ2v) is 6.67. The summed E-state index contributed by atoms with van der Waals surface area (Å²) >= 11 is 3.37. The molecule has 4 nitrogen and oxygen atoms in total. The fourth-order valence-corrected chi connectivity index (χ4v) is 2.77. The largest absolute Gasteiger partial charge is 0.342 e. The molecule has 0 radical (unpaired) electrons. The van der Waals surface area contributed by atoms with E-state index in [0.29, 0.717) is 13.1 Å². The van der Waals surface area contributed by atoms with Gasteiger partial charge in [0.15, 0.2) is 0 Å². The van der Waals surface area contributed by atoms with Gasteiger partial charge in [0.2, 0.25) is 11.8 Å². The lowest BCUT2D eigenvalue weighted by Gasteiger charge is -2.32. The number of likely N-dealkylation sites (tertiary alicyclic amines) is 1. The molecular formula is C16H21BrN2O2. The maximum Gasteiger partial charge on any atom is 0.227 e. The van der Waals surface area contributed by atoms with Gasteiger partial charge in [0.1, 0.15) is 0 Å². The maximum atomic E-state index is 12.2. The molecule has 2 rings (SSSR count). The molecule has 1 N–H and O–H groups in total. The highest BCUT2D eigenvalue weighted by Gasteiger charge is 2.28. The number of amides is 2. The lowest BCUT2D eigenvalue weighted by molar-refractivity contribution is -0.137. The third-order valence-electron chi connectivity index (χ3n) is 3.78. The first kappa shape index (κ1) is 16.0. The van der Waals surface area contributed by atoms with Crippen LogP contribution in [-0.2, 0) is 9.59 Å². The van der Waals surface area contributed by atoms with Crippen molar-refractivity contribution < 1.29 is 9.59 Å². The smallest absolute Gasteiger partial charge is 0.227 e. The number of hydrogen-bond donors (Lipinski definition) is 1. The molecule has 0 aromatic heterocycles. The number of carbonyl (C=O) groups is 2. The van der Waals surface area contributed by atoms with Crippen molar-refractivity contribution in [3.63, 3.8) is 0 Å². The van der Waals surface area contributed by atoms with Gasteiger partial charge in [0.25, 0.3) is 0 Å². The Kier molecular flexibility index (Phi) is 5.39. The zero-order valence-corrected chi connectivity index (χ0v) is 14.0. The van der Waals surface area contributed by atoms with E-state index >= 15 is 0 Å². The maximum absolute atomic E-state index is 12.2. The number of carbonyl (C=O) groups excluding carboxylic acids is 2. The molecule has 1 heterocycles. The minimum atomic E-state index is -0.00939. The normalized spacial score (nSPS) is 16.1. The molecule has 1 saturated heterocycles. The fraction of sp³-hybridized carbons (Fsp3) is 0.500. The number of piperidine rings is 1. The Morgan fingerprint density at radius 3 is 2.29 bits per heavy atom. The van der Waals surface area contributed by atoms with E-state index in [1.165, 1.54) is 0 Å². The average molecular weight is 353 g/mol. The van der Waals surface area contributed by atoms with Crippen molar-refractivity contribution in [3.05, 3.63) is 28.7 Å². The summed E-state index contributed by atoms with van der Waals surface area (Å²) < 4.78 is 0.987. The first-order valence-electron chi connectivity index (χ1n) is 7.32. The first-order valence-corrected chi connectivity index (χ1v) is 8.12. The van der Waals surface area contributed by atoms with Gasteiger partial charge in [-0.3, -0.25) is 9.59 Å². The highest BCUT2D eigenvalue weighted by Crippen LogP contribution is 2.21. The molecule has 1 aliphatic heterocycles. The van der Waals surface area contributed by atoms with E-state index in [0.717, 1.165) is 23.0 Å². The third kappa shape index (κ3) is 4.30. The van der Waals surface area contributed by atoms with Gasteiger partial charge in [-0.15, -0.1) is 0 Å². The Morgan fingerprint density at radius 2 is 1.76 bits per heavy atom. The lowest BCUT2D eigenvalue weighted by Crippen LogP contribution is -2.43. The molecule has 1 fully saturated rings. The zero-order valence-electron chi connectivity index (χ0n) is 12.4. The SMILES string of the molecule is CC(C)C(=O)N1CCC(C(=O)Nc2ccc(Br)cc2)CC1. The van der Waals surface area contributed by atoms with Crippen molar-refractivity contribution >= 4 is 33.4 Å². The van der Waals surface area contributed by atoms with Crippen molar-refractivity contribution in [1.82, 2.24) is 4.90 Å². The van der Waals surface area contributed by atoms with Crippen LogP contribution in [0.2, 0.25) is 0 Å². The van der Waals surface area contributed by atoms with Crippen molar-refractivity contribution in [3.8, 4) is 0 Å². The van der Waals surface area contributed by atoms with E-state index in [9.17, 15) is 9.59 Å². The van der Waals surface area contributed by atoms with Crippen molar-refractivity contribution in [1.29, 1.82) is 0 Å². The Hall–Kier alpha value is -1.36. The molecule has 5 heteroatoms. The summed E-state index contributed by atoms with van der Waals surface area (Å²) in [5.41, 5.74) is 0.809. The van der Waals surface area contributed by atoms with Crippen LogP contribution in [0.1, 0.15) is 26.7 Å². The van der Waals surface area contributed by atoms with E-state index in [2.05, 4.69) is 21.2 Å². The van der Waals surface area contributed by atoms with Crippen LogP contribution in [0.5, 0.6) is 0 Å². The summed E-state index contributed by atoms with van der Waals surface area (Å²) in [4.78, 5) is 26.0. The van der Waals surface area contributed by atoms with Crippen molar-refractivity contribution in [2.75, 3.05) is 18.4 Å². The molecule has 1 aromatic rings. The van der Waals surface area contributed by atoms with E-state index in [1.54, 1.807) is 0 Å². The van der Waals surface area contributed by atoms with Crippen molar-refractivity contribution in [2.45, 2.75) is 26.7 Å². The van der Waals surface area contributed by atoms with Gasteiger partial charge in [-0.25, -0.2) is 0 Å². The van der Waals surface area contributed by atoms with Gasteiger partial charge in [0, 0.05) is 35.1 Å². The van der Waals surface area contributed by atoms with Gasteiger partial charge in [-0.1, -0.05) is 29.8 Å². The Balaban J connectivity index is 1.86. The average Bonchev–Trinajstić information content (AvgIpc) is 2.49. The van der Waals surface area contributed by atoms with Gasteiger partial charge in [-0.2, -0.15) is 0 Å². The molecular weight excluding hydrogens is 332 g/mol. The summed E-state index contributed by atoms with van der Waals surface area (Å²) in [6.45, 7) is 5.17. The van der Waals surface area contributed by atoms with Crippen LogP contribution in [0.25, 0.3) is 0 Å². The topological polar surface area (TPSA) is 49.4 Å². The summed E-state index contributed by atoms with van der Waals surface area (Å²) in [6.07, 6.45) is 1.47. The van der Waals surface area contributed by atoms with E-state index in [-0.39, 0.29) is 23.7 Å². The number of hydrogen-bond acceptors (Lipinski definition) is 2. The minimum absolute atomic E-state index is 0.00939. The van der Waals surface area contributed by atoms with E-state index < -0.39 is 0 Å². The summed E-state index contributed by atoms with van der Waals surface area (Å²) in [7, 11) is 0. The predicted molar refractivity (Wildman–Crippen MR) is 86.9 cm³/mol. The Morgan fingerprint density at radius 1 is 1.19 bits per heavy atom. The van der Waals surface area contributed by atoms with Crippen LogP contribution in [0, 0.1) is 11.8 Å². The van der Waals surface area contributed by atoms with Gasteiger partial charge < -0.3 is 10.2 Å². The molecule has 0 unspecified atom stereocenters. The Bertz CT molecular complexity index is 506. The first-order chi connectivity index (χ1) is 9.97. The Labute approximate surface area is 134 Å². The van der Waals surface area contributed by atoms with E-state index in [4.69, 9.17) is 0 Å². The second kappa shape index (κ2) is 7.07. The highest BCUT2D eigenvalue weighted by molar-refractivity contribution is 9.10. The number of nitrogens with zero attached hydrogens (tertiary/aromatic N) is 1. The molecule has 1 aromatic carbocycles. The van der Waals surface area contributed by atoms with E-state index in [1.807, 2.05) is 43.0 Å². The molecule has 21 heavy (non-hydrogen) atoms. The van der Waals surface area contributed by atoms with Crippen LogP contribution in [-0.4, -0.2) is 29.8 Å². The highest BCUT2D eigenvalue weighted by atomic mass is 79.9. The quantitative estimate of drug-likeness (QED) is 0.907. The van der Waals surface area contributed by atoms with Gasteiger partial charge in [0.05, 0.1) is 0 Å². The standard InChI is InChI=1S/C16H21BrN2O2/c1-11(2)16(21)19-9-7-12(8-10-19)15(20)18-14-5-3-13(17)4-6-14/h3-6,11-12H,7-10H2,1-2H3,(H,18,20). The van der Waals surface area contributed by atoms with Crippen LogP contribution >= 0.6 is 15.9 Å². The van der Waals surface area contributed by atoms with Crippen LogP contribution in [0.4, 0.5) is 5.69 Å². The molecule has 2 amide bonds. The molecule has 0 bridgehead atoms. The molecule has 1 aliphatic rings. The number of benzene rings is 1. The predicted octanol–water partition coefficient (Wildman–Crippen LogP) is 3.28.